The van der Waals surface area contributed by atoms with E-state index in [1.54, 1.807) is 12.1 Å². The minimum atomic E-state index is -0.584. The van der Waals surface area contributed by atoms with Gasteiger partial charge in [-0.3, -0.25) is 0 Å². The van der Waals surface area contributed by atoms with Gasteiger partial charge in [0.2, 0.25) is 0 Å². The predicted octanol–water partition coefficient (Wildman–Crippen LogP) is 2.56. The summed E-state index contributed by atoms with van der Waals surface area (Å²) in [6.07, 6.45) is 4.64. The van der Waals surface area contributed by atoms with Crippen molar-refractivity contribution in [2.24, 2.45) is 0 Å². The smallest absolute Gasteiger partial charge is 0.115 e. The van der Waals surface area contributed by atoms with Crippen molar-refractivity contribution in [1.82, 2.24) is 4.90 Å². The normalized spacial score (nSPS) is 25.2. The molecule has 1 unspecified atom stereocenters. The summed E-state index contributed by atoms with van der Waals surface area (Å²) in [5.41, 5.74) is 0.517. The summed E-state index contributed by atoms with van der Waals surface area (Å²) in [6.45, 7) is 5.43. The zero-order valence-electron chi connectivity index (χ0n) is 11.8. The highest BCUT2D eigenvalue weighted by molar-refractivity contribution is 5.27. The monoisotopic (exact) mass is 263 g/mol. The number of aromatic hydroxyl groups is 1. The molecule has 3 heteroatoms. The Morgan fingerprint density at radius 2 is 1.89 bits per heavy atom. The summed E-state index contributed by atoms with van der Waals surface area (Å²) in [5, 5.41) is 20.1. The Labute approximate surface area is 115 Å². The zero-order chi connectivity index (χ0) is 13.7. The molecule has 2 rings (SSSR count). The summed E-state index contributed by atoms with van der Waals surface area (Å²) >= 11 is 0. The van der Waals surface area contributed by atoms with Crippen LogP contribution >= 0.6 is 0 Å². The molecule has 0 spiro atoms. The van der Waals surface area contributed by atoms with E-state index in [0.717, 1.165) is 44.5 Å². The Morgan fingerprint density at radius 3 is 2.58 bits per heavy atom. The van der Waals surface area contributed by atoms with Crippen LogP contribution in [0.25, 0.3) is 0 Å². The van der Waals surface area contributed by atoms with E-state index in [2.05, 4.69) is 11.8 Å². The third kappa shape index (κ3) is 4.22. The van der Waals surface area contributed by atoms with Gasteiger partial charge in [-0.2, -0.15) is 0 Å². The van der Waals surface area contributed by atoms with Gasteiger partial charge < -0.3 is 15.1 Å². The maximum Gasteiger partial charge on any atom is 0.115 e. The Kier molecular flexibility index (Phi) is 4.83. The van der Waals surface area contributed by atoms with Gasteiger partial charge in [-0.05, 0) is 56.5 Å². The number of phenolic OH excluding ortho intramolecular Hbond substituents is 1. The molecule has 1 aliphatic heterocycles. The molecule has 1 aromatic rings. The molecule has 0 aliphatic carbocycles. The Bertz CT molecular complexity index is 390. The number of benzene rings is 1. The molecule has 1 saturated heterocycles. The topological polar surface area (TPSA) is 43.7 Å². The molecule has 3 nitrogen and oxygen atoms in total. The molecular weight excluding hydrogens is 238 g/mol. The molecule has 106 valence electrons. The second-order valence-corrected chi connectivity index (χ2v) is 5.76. The highest BCUT2D eigenvalue weighted by Gasteiger charge is 2.30. The van der Waals surface area contributed by atoms with Crippen LogP contribution in [-0.2, 0) is 6.42 Å². The Hall–Kier alpha value is -1.06. The predicted molar refractivity (Wildman–Crippen MR) is 77.3 cm³/mol. The molecule has 0 saturated carbocycles. The van der Waals surface area contributed by atoms with Gasteiger partial charge in [0.25, 0.3) is 0 Å². The van der Waals surface area contributed by atoms with Gasteiger partial charge in [-0.25, -0.2) is 0 Å². The van der Waals surface area contributed by atoms with Crippen molar-refractivity contribution in [1.29, 1.82) is 0 Å². The van der Waals surface area contributed by atoms with Gasteiger partial charge >= 0.3 is 0 Å². The third-order valence-corrected chi connectivity index (χ3v) is 4.02. The molecule has 0 bridgehead atoms. The highest BCUT2D eigenvalue weighted by atomic mass is 16.3. The van der Waals surface area contributed by atoms with Crippen LogP contribution < -0.4 is 0 Å². The molecule has 0 aromatic heterocycles. The number of hydrogen-bond donors (Lipinski definition) is 2. The first kappa shape index (κ1) is 14.4. The molecule has 1 aliphatic rings. The molecule has 1 heterocycles. The number of likely N-dealkylation sites (tertiary alicyclic amines) is 1. The van der Waals surface area contributed by atoms with E-state index < -0.39 is 5.60 Å². The fraction of sp³-hybridized carbons (Fsp3) is 0.625. The number of aliphatic hydroxyl groups is 1. The van der Waals surface area contributed by atoms with E-state index in [9.17, 15) is 10.2 Å². The number of hydrogen-bond acceptors (Lipinski definition) is 3. The van der Waals surface area contributed by atoms with Gasteiger partial charge in [0.05, 0.1) is 5.60 Å². The van der Waals surface area contributed by atoms with E-state index in [1.165, 1.54) is 6.42 Å². The molecule has 19 heavy (non-hydrogen) atoms. The van der Waals surface area contributed by atoms with Gasteiger partial charge in [-0.1, -0.05) is 19.1 Å². The molecular formula is C16H25NO2. The van der Waals surface area contributed by atoms with Crippen molar-refractivity contribution < 1.29 is 10.2 Å². The van der Waals surface area contributed by atoms with E-state index >= 15 is 0 Å². The largest absolute Gasteiger partial charge is 0.508 e. The maximum atomic E-state index is 10.8. The second kappa shape index (κ2) is 6.40. The first-order valence-corrected chi connectivity index (χ1v) is 7.34. The SMILES string of the molecule is CCCN1CCCC(O)(Cc2ccc(O)cc2)CC1. The standard InChI is InChI=1S/C16H25NO2/c1-2-10-17-11-3-8-16(19,9-12-17)13-14-4-6-15(18)7-5-14/h4-7,18-19H,2-3,8-13H2,1H3. The van der Waals surface area contributed by atoms with E-state index in [1.807, 2.05) is 12.1 Å². The summed E-state index contributed by atoms with van der Waals surface area (Å²) in [4.78, 5) is 2.45. The Balaban J connectivity index is 1.96. The van der Waals surface area contributed by atoms with Crippen molar-refractivity contribution in [2.45, 2.75) is 44.6 Å². The summed E-state index contributed by atoms with van der Waals surface area (Å²) in [6, 6.07) is 7.20. The van der Waals surface area contributed by atoms with E-state index in [0.29, 0.717) is 6.42 Å². The lowest BCUT2D eigenvalue weighted by atomic mass is 9.88. The van der Waals surface area contributed by atoms with Crippen LogP contribution in [0.15, 0.2) is 24.3 Å². The van der Waals surface area contributed by atoms with Gasteiger partial charge in [0.15, 0.2) is 0 Å². The quantitative estimate of drug-likeness (QED) is 0.877. The highest BCUT2D eigenvalue weighted by Crippen LogP contribution is 2.27. The lowest BCUT2D eigenvalue weighted by Crippen LogP contribution is -2.33. The maximum absolute atomic E-state index is 10.8. The zero-order valence-corrected chi connectivity index (χ0v) is 11.8. The fourth-order valence-corrected chi connectivity index (χ4v) is 2.95. The van der Waals surface area contributed by atoms with Crippen molar-refractivity contribution in [3.8, 4) is 5.75 Å². The lowest BCUT2D eigenvalue weighted by molar-refractivity contribution is 0.0257. The van der Waals surface area contributed by atoms with Crippen LogP contribution in [-0.4, -0.2) is 40.3 Å². The molecule has 1 aromatic carbocycles. The summed E-state index contributed by atoms with van der Waals surface area (Å²) in [7, 11) is 0. The third-order valence-electron chi connectivity index (χ3n) is 4.02. The Morgan fingerprint density at radius 1 is 1.16 bits per heavy atom. The first-order valence-electron chi connectivity index (χ1n) is 7.34. The summed E-state index contributed by atoms with van der Waals surface area (Å²) in [5.74, 6) is 0.283. The molecule has 2 N–H and O–H groups in total. The molecule has 1 atom stereocenters. The molecule has 0 radical (unpaired) electrons. The summed E-state index contributed by atoms with van der Waals surface area (Å²) < 4.78 is 0. The minimum Gasteiger partial charge on any atom is -0.508 e. The lowest BCUT2D eigenvalue weighted by Gasteiger charge is -2.27. The van der Waals surface area contributed by atoms with Gasteiger partial charge in [0.1, 0.15) is 5.75 Å². The van der Waals surface area contributed by atoms with Crippen LogP contribution in [0.5, 0.6) is 5.75 Å². The minimum absolute atomic E-state index is 0.283. The number of phenols is 1. The van der Waals surface area contributed by atoms with E-state index in [4.69, 9.17) is 0 Å². The van der Waals surface area contributed by atoms with Crippen molar-refractivity contribution >= 4 is 0 Å². The van der Waals surface area contributed by atoms with Crippen LogP contribution in [0.2, 0.25) is 0 Å². The molecule has 0 amide bonds. The molecule has 1 fully saturated rings. The first-order chi connectivity index (χ1) is 9.11. The van der Waals surface area contributed by atoms with Crippen LogP contribution in [0.4, 0.5) is 0 Å². The van der Waals surface area contributed by atoms with Crippen molar-refractivity contribution in [2.75, 3.05) is 19.6 Å². The van der Waals surface area contributed by atoms with Gasteiger partial charge in [0, 0.05) is 13.0 Å². The van der Waals surface area contributed by atoms with Gasteiger partial charge in [-0.15, -0.1) is 0 Å². The van der Waals surface area contributed by atoms with Crippen LogP contribution in [0.1, 0.15) is 38.2 Å². The average Bonchev–Trinajstić information content (AvgIpc) is 2.56. The van der Waals surface area contributed by atoms with E-state index in [-0.39, 0.29) is 5.75 Å². The van der Waals surface area contributed by atoms with Crippen LogP contribution in [0.3, 0.4) is 0 Å². The number of rotatable bonds is 4. The van der Waals surface area contributed by atoms with Crippen molar-refractivity contribution in [3.05, 3.63) is 29.8 Å². The number of nitrogens with zero attached hydrogens (tertiary/aromatic N) is 1. The second-order valence-electron chi connectivity index (χ2n) is 5.76. The van der Waals surface area contributed by atoms with Crippen molar-refractivity contribution in [3.63, 3.8) is 0 Å². The van der Waals surface area contributed by atoms with Crippen LogP contribution in [0, 0.1) is 0 Å². The fourth-order valence-electron chi connectivity index (χ4n) is 2.95. The average molecular weight is 263 g/mol.